The van der Waals surface area contributed by atoms with E-state index in [1.54, 1.807) is 6.07 Å². The third-order valence-corrected chi connectivity index (χ3v) is 3.48. The number of thioether (sulfide) groups is 1. The maximum atomic E-state index is 11.1. The van der Waals surface area contributed by atoms with Gasteiger partial charge in [-0.05, 0) is 25.5 Å². The molecule has 1 aromatic carbocycles. The predicted octanol–water partition coefficient (Wildman–Crippen LogP) is 2.56. The van der Waals surface area contributed by atoms with Crippen LogP contribution in [0.3, 0.4) is 0 Å². The summed E-state index contributed by atoms with van der Waals surface area (Å²) in [5, 5.41) is 18.1. The summed E-state index contributed by atoms with van der Waals surface area (Å²) in [7, 11) is 0. The molecule has 3 nitrogen and oxygen atoms in total. The number of hydrogen-bond acceptors (Lipinski definition) is 3. The summed E-state index contributed by atoms with van der Waals surface area (Å²) < 4.78 is 0. The lowest BCUT2D eigenvalue weighted by molar-refractivity contribution is 0.0693. The van der Waals surface area contributed by atoms with Crippen LogP contribution in [-0.4, -0.2) is 28.0 Å². The van der Waals surface area contributed by atoms with E-state index in [1.165, 1.54) is 11.8 Å². The number of aromatic carboxylic acids is 1. The molecule has 0 aliphatic carbocycles. The molecule has 0 fully saturated rings. The highest BCUT2D eigenvalue weighted by Crippen LogP contribution is 2.29. The maximum Gasteiger partial charge on any atom is 0.336 e. The molecular weight excluding hydrogens is 224 g/mol. The number of aliphatic hydroxyl groups excluding tert-OH is 1. The molecular formula is C12H16O3S. The van der Waals surface area contributed by atoms with Crippen LogP contribution in [0.2, 0.25) is 0 Å². The van der Waals surface area contributed by atoms with E-state index < -0.39 is 5.97 Å². The number of aryl methyl sites for hydroxylation is 1. The van der Waals surface area contributed by atoms with Gasteiger partial charge in [0.05, 0.1) is 5.56 Å². The minimum Gasteiger partial charge on any atom is -0.478 e. The van der Waals surface area contributed by atoms with Gasteiger partial charge in [0.15, 0.2) is 0 Å². The summed E-state index contributed by atoms with van der Waals surface area (Å²) in [5.74, 6) is -0.901. The van der Waals surface area contributed by atoms with Gasteiger partial charge >= 0.3 is 5.97 Å². The second-order valence-corrected chi connectivity index (χ2v) is 5.23. The minimum atomic E-state index is -0.901. The van der Waals surface area contributed by atoms with Gasteiger partial charge in [-0.2, -0.15) is 0 Å². The van der Waals surface area contributed by atoms with Gasteiger partial charge in [-0.25, -0.2) is 4.79 Å². The summed E-state index contributed by atoms with van der Waals surface area (Å²) in [6.45, 7) is 3.98. The van der Waals surface area contributed by atoms with Gasteiger partial charge in [-0.15, -0.1) is 11.8 Å². The lowest BCUT2D eigenvalue weighted by Crippen LogP contribution is -2.04. The Kier molecular flexibility index (Phi) is 4.83. The molecule has 0 radical (unpaired) electrons. The number of hydrogen-bond donors (Lipinski definition) is 2. The highest BCUT2D eigenvalue weighted by atomic mass is 32.2. The van der Waals surface area contributed by atoms with Crippen molar-refractivity contribution in [1.29, 1.82) is 0 Å². The first-order chi connectivity index (χ1) is 7.54. The Bertz CT molecular complexity index is 377. The van der Waals surface area contributed by atoms with Crippen molar-refractivity contribution in [1.82, 2.24) is 0 Å². The van der Waals surface area contributed by atoms with Gasteiger partial charge in [0.1, 0.15) is 0 Å². The Morgan fingerprint density at radius 2 is 2.19 bits per heavy atom. The molecule has 0 aliphatic rings. The third kappa shape index (κ3) is 3.54. The average Bonchev–Trinajstić information content (AvgIpc) is 2.20. The molecule has 0 heterocycles. The van der Waals surface area contributed by atoms with E-state index in [9.17, 15) is 4.79 Å². The molecule has 0 bridgehead atoms. The van der Waals surface area contributed by atoms with E-state index in [0.717, 1.165) is 10.5 Å². The fourth-order valence-electron chi connectivity index (χ4n) is 1.37. The van der Waals surface area contributed by atoms with Crippen molar-refractivity contribution in [3.63, 3.8) is 0 Å². The normalized spacial score (nSPS) is 12.4. The molecule has 16 heavy (non-hydrogen) atoms. The second-order valence-electron chi connectivity index (χ2n) is 3.75. The fraction of sp³-hybridized carbons (Fsp3) is 0.417. The van der Waals surface area contributed by atoms with Crippen LogP contribution in [0.25, 0.3) is 0 Å². The Balaban J connectivity index is 2.90. The van der Waals surface area contributed by atoms with Crippen molar-refractivity contribution < 1.29 is 15.0 Å². The number of carbonyl (C=O) groups is 1. The summed E-state index contributed by atoms with van der Waals surface area (Å²) in [5.41, 5.74) is 1.28. The van der Waals surface area contributed by atoms with Crippen LogP contribution in [0.4, 0.5) is 0 Å². The van der Waals surface area contributed by atoms with E-state index in [4.69, 9.17) is 10.2 Å². The zero-order valence-corrected chi connectivity index (χ0v) is 10.3. The molecule has 1 aromatic rings. The van der Waals surface area contributed by atoms with Crippen molar-refractivity contribution in [2.24, 2.45) is 0 Å². The molecule has 1 unspecified atom stereocenters. The molecule has 0 saturated heterocycles. The number of aliphatic hydroxyl groups is 1. The molecule has 0 amide bonds. The van der Waals surface area contributed by atoms with Crippen molar-refractivity contribution in [2.45, 2.75) is 30.4 Å². The zero-order valence-electron chi connectivity index (χ0n) is 9.43. The van der Waals surface area contributed by atoms with Gasteiger partial charge in [-0.1, -0.05) is 18.6 Å². The van der Waals surface area contributed by atoms with Crippen molar-refractivity contribution >= 4 is 17.7 Å². The van der Waals surface area contributed by atoms with Gasteiger partial charge < -0.3 is 10.2 Å². The van der Waals surface area contributed by atoms with E-state index in [2.05, 4.69) is 0 Å². The smallest absolute Gasteiger partial charge is 0.336 e. The lowest BCUT2D eigenvalue weighted by Gasteiger charge is -2.12. The van der Waals surface area contributed by atoms with Crippen LogP contribution in [0.1, 0.15) is 29.3 Å². The average molecular weight is 240 g/mol. The molecule has 0 saturated carbocycles. The van der Waals surface area contributed by atoms with Gasteiger partial charge in [0.25, 0.3) is 0 Å². The first-order valence-electron chi connectivity index (χ1n) is 5.16. The quantitative estimate of drug-likeness (QED) is 0.777. The summed E-state index contributed by atoms with van der Waals surface area (Å²) in [6, 6.07) is 5.41. The Morgan fingerprint density at radius 3 is 2.75 bits per heavy atom. The fourth-order valence-corrected chi connectivity index (χ4v) is 2.45. The van der Waals surface area contributed by atoms with E-state index in [1.807, 2.05) is 26.0 Å². The van der Waals surface area contributed by atoms with Crippen LogP contribution < -0.4 is 0 Å². The van der Waals surface area contributed by atoms with Crippen molar-refractivity contribution in [3.8, 4) is 0 Å². The van der Waals surface area contributed by atoms with E-state index in [-0.39, 0.29) is 11.9 Å². The standard InChI is InChI=1S/C12H16O3S/c1-8-3-4-11(10(7-8)12(14)15)16-9(2)5-6-13/h3-4,7,9,13H,5-6H2,1-2H3,(H,14,15). The molecule has 4 heteroatoms. The first-order valence-corrected chi connectivity index (χ1v) is 6.04. The molecule has 88 valence electrons. The monoisotopic (exact) mass is 240 g/mol. The van der Waals surface area contributed by atoms with Gasteiger partial charge in [-0.3, -0.25) is 0 Å². The van der Waals surface area contributed by atoms with Crippen molar-refractivity contribution in [3.05, 3.63) is 29.3 Å². The van der Waals surface area contributed by atoms with Crippen molar-refractivity contribution in [2.75, 3.05) is 6.61 Å². The predicted molar refractivity (Wildman–Crippen MR) is 65.2 cm³/mol. The number of carboxylic acid groups (broad SMARTS) is 1. The minimum absolute atomic E-state index is 0.127. The molecule has 0 aromatic heterocycles. The molecule has 1 atom stereocenters. The number of carboxylic acids is 1. The van der Waals surface area contributed by atoms with Crippen LogP contribution in [0.5, 0.6) is 0 Å². The molecule has 1 rings (SSSR count). The van der Waals surface area contributed by atoms with Crippen LogP contribution in [0, 0.1) is 6.92 Å². The zero-order chi connectivity index (χ0) is 12.1. The maximum absolute atomic E-state index is 11.1. The van der Waals surface area contributed by atoms with Crippen LogP contribution >= 0.6 is 11.8 Å². The summed E-state index contributed by atoms with van der Waals surface area (Å²) in [4.78, 5) is 11.8. The molecule has 2 N–H and O–H groups in total. The van der Waals surface area contributed by atoms with E-state index in [0.29, 0.717) is 12.0 Å². The lowest BCUT2D eigenvalue weighted by atomic mass is 10.1. The Morgan fingerprint density at radius 1 is 1.50 bits per heavy atom. The highest BCUT2D eigenvalue weighted by molar-refractivity contribution is 8.00. The number of rotatable bonds is 5. The molecule has 0 aliphatic heterocycles. The SMILES string of the molecule is Cc1ccc(SC(C)CCO)c(C(=O)O)c1. The van der Waals surface area contributed by atoms with E-state index >= 15 is 0 Å². The molecule has 0 spiro atoms. The Hall–Kier alpha value is -1.00. The summed E-state index contributed by atoms with van der Waals surface area (Å²) >= 11 is 1.49. The van der Waals surface area contributed by atoms with Gasteiger partial charge in [0, 0.05) is 16.8 Å². The largest absolute Gasteiger partial charge is 0.478 e. The first kappa shape index (κ1) is 13.1. The van der Waals surface area contributed by atoms with Crippen LogP contribution in [-0.2, 0) is 0 Å². The Labute approximate surface area is 99.5 Å². The van der Waals surface area contributed by atoms with Crippen LogP contribution in [0.15, 0.2) is 23.1 Å². The third-order valence-electron chi connectivity index (χ3n) is 2.23. The second kappa shape index (κ2) is 5.92. The highest BCUT2D eigenvalue weighted by Gasteiger charge is 2.13. The number of benzene rings is 1. The van der Waals surface area contributed by atoms with Gasteiger partial charge in [0.2, 0.25) is 0 Å². The topological polar surface area (TPSA) is 57.5 Å². The summed E-state index contributed by atoms with van der Waals surface area (Å²) in [6.07, 6.45) is 0.664.